The molecule has 2 N–H and O–H groups in total. The van der Waals surface area contributed by atoms with Crippen LogP contribution in [0.2, 0.25) is 0 Å². The zero-order chi connectivity index (χ0) is 10.9. The van der Waals surface area contributed by atoms with Crippen molar-refractivity contribution in [2.24, 2.45) is 11.1 Å². The summed E-state index contributed by atoms with van der Waals surface area (Å²) in [4.78, 5) is 8.15. The van der Waals surface area contributed by atoms with E-state index in [1.807, 2.05) is 12.4 Å². The molecule has 82 valence electrons. The number of rotatable bonds is 1. The van der Waals surface area contributed by atoms with Crippen LogP contribution >= 0.6 is 0 Å². The van der Waals surface area contributed by atoms with Crippen molar-refractivity contribution in [3.63, 3.8) is 0 Å². The molecule has 0 aliphatic heterocycles. The minimum atomic E-state index is 0.268. The van der Waals surface area contributed by atoms with Gasteiger partial charge >= 0.3 is 0 Å². The normalized spacial score (nSPS) is 30.1. The molecular formula is C12H19N3. The summed E-state index contributed by atoms with van der Waals surface area (Å²) in [6, 6.07) is 0.268. The monoisotopic (exact) mass is 205 g/mol. The van der Waals surface area contributed by atoms with Crippen molar-refractivity contribution in [3.05, 3.63) is 24.3 Å². The van der Waals surface area contributed by atoms with Gasteiger partial charge in [0, 0.05) is 24.4 Å². The van der Waals surface area contributed by atoms with Gasteiger partial charge in [-0.05, 0) is 30.2 Å². The predicted octanol–water partition coefficient (Wildman–Crippen LogP) is 2.10. The Morgan fingerprint density at radius 2 is 2.00 bits per heavy atom. The number of nitrogens with two attached hydrogens (primary N) is 1. The fourth-order valence-corrected chi connectivity index (χ4v) is 2.47. The third-order valence-electron chi connectivity index (χ3n) is 3.45. The van der Waals surface area contributed by atoms with Gasteiger partial charge in [-0.1, -0.05) is 13.8 Å². The highest BCUT2D eigenvalue weighted by molar-refractivity contribution is 5.15. The Labute approximate surface area is 91.1 Å². The van der Waals surface area contributed by atoms with Gasteiger partial charge in [-0.3, -0.25) is 0 Å². The van der Waals surface area contributed by atoms with E-state index in [9.17, 15) is 0 Å². The van der Waals surface area contributed by atoms with Crippen LogP contribution in [0.1, 0.15) is 44.6 Å². The van der Waals surface area contributed by atoms with E-state index in [2.05, 4.69) is 23.8 Å². The molecule has 0 spiro atoms. The lowest BCUT2D eigenvalue weighted by molar-refractivity contribution is 0.198. The molecule has 0 bridgehead atoms. The molecule has 2 atom stereocenters. The molecule has 1 aliphatic carbocycles. The summed E-state index contributed by atoms with van der Waals surface area (Å²) in [5.41, 5.74) is 7.77. The van der Waals surface area contributed by atoms with Crippen LogP contribution in [0.5, 0.6) is 0 Å². The predicted molar refractivity (Wildman–Crippen MR) is 60.4 cm³/mol. The maximum absolute atomic E-state index is 6.18. The molecule has 1 saturated carbocycles. The summed E-state index contributed by atoms with van der Waals surface area (Å²) in [6.07, 6.45) is 8.84. The lowest BCUT2D eigenvalue weighted by Gasteiger charge is -2.39. The Balaban J connectivity index is 2.20. The molecule has 15 heavy (non-hydrogen) atoms. The maximum atomic E-state index is 6.18. The first-order valence-corrected chi connectivity index (χ1v) is 5.59. The van der Waals surface area contributed by atoms with Crippen molar-refractivity contribution in [2.75, 3.05) is 0 Å². The van der Waals surface area contributed by atoms with Gasteiger partial charge in [0.1, 0.15) is 6.33 Å². The Hall–Kier alpha value is -0.960. The summed E-state index contributed by atoms with van der Waals surface area (Å²) < 4.78 is 0. The lowest BCUT2D eigenvalue weighted by atomic mass is 9.68. The minimum absolute atomic E-state index is 0.268. The standard InChI is InChI=1S/C12H19N3/c1-12(2)4-3-11(13)10(5-12)9-6-14-8-15-7-9/h6-8,10-11H,3-5,13H2,1-2H3. The summed E-state index contributed by atoms with van der Waals surface area (Å²) in [5.74, 6) is 0.426. The smallest absolute Gasteiger partial charge is 0.115 e. The third kappa shape index (κ3) is 2.34. The molecule has 1 aromatic heterocycles. The van der Waals surface area contributed by atoms with Crippen molar-refractivity contribution in [3.8, 4) is 0 Å². The van der Waals surface area contributed by atoms with E-state index in [1.165, 1.54) is 12.0 Å². The first kappa shape index (κ1) is 10.6. The lowest BCUT2D eigenvalue weighted by Crippen LogP contribution is -2.37. The molecule has 3 nitrogen and oxygen atoms in total. The Bertz CT molecular complexity index is 321. The molecule has 0 amide bonds. The van der Waals surface area contributed by atoms with Gasteiger partial charge in [-0.15, -0.1) is 0 Å². The van der Waals surface area contributed by atoms with Gasteiger partial charge in [0.25, 0.3) is 0 Å². The van der Waals surface area contributed by atoms with Gasteiger partial charge in [0.2, 0.25) is 0 Å². The molecule has 1 fully saturated rings. The molecule has 0 radical (unpaired) electrons. The largest absolute Gasteiger partial charge is 0.327 e. The van der Waals surface area contributed by atoms with E-state index in [1.54, 1.807) is 6.33 Å². The van der Waals surface area contributed by atoms with Gasteiger partial charge in [-0.25, -0.2) is 9.97 Å². The van der Waals surface area contributed by atoms with E-state index in [0.717, 1.165) is 12.8 Å². The Morgan fingerprint density at radius 3 is 2.67 bits per heavy atom. The van der Waals surface area contributed by atoms with Crippen LogP contribution in [0.4, 0.5) is 0 Å². The highest BCUT2D eigenvalue weighted by atomic mass is 14.8. The van der Waals surface area contributed by atoms with E-state index in [-0.39, 0.29) is 6.04 Å². The Morgan fingerprint density at radius 1 is 1.33 bits per heavy atom. The van der Waals surface area contributed by atoms with Crippen molar-refractivity contribution < 1.29 is 0 Å². The van der Waals surface area contributed by atoms with Crippen molar-refractivity contribution in [2.45, 2.75) is 45.1 Å². The van der Waals surface area contributed by atoms with E-state index in [4.69, 9.17) is 5.73 Å². The second-order valence-corrected chi connectivity index (χ2v) is 5.35. The molecule has 2 rings (SSSR count). The molecular weight excluding hydrogens is 186 g/mol. The van der Waals surface area contributed by atoms with E-state index < -0.39 is 0 Å². The zero-order valence-electron chi connectivity index (χ0n) is 9.48. The molecule has 0 aromatic carbocycles. The van der Waals surface area contributed by atoms with E-state index in [0.29, 0.717) is 11.3 Å². The number of aromatic nitrogens is 2. The summed E-state index contributed by atoms with van der Waals surface area (Å²) in [6.45, 7) is 4.63. The maximum Gasteiger partial charge on any atom is 0.115 e. The van der Waals surface area contributed by atoms with Gasteiger partial charge in [-0.2, -0.15) is 0 Å². The van der Waals surface area contributed by atoms with Crippen molar-refractivity contribution in [1.82, 2.24) is 9.97 Å². The average Bonchev–Trinajstić information content (AvgIpc) is 2.23. The molecule has 2 unspecified atom stereocenters. The van der Waals surface area contributed by atoms with Crippen LogP contribution in [0.3, 0.4) is 0 Å². The third-order valence-corrected chi connectivity index (χ3v) is 3.45. The van der Waals surface area contributed by atoms with Gasteiger partial charge in [0.05, 0.1) is 0 Å². The highest BCUT2D eigenvalue weighted by Crippen LogP contribution is 2.42. The van der Waals surface area contributed by atoms with Gasteiger partial charge in [0.15, 0.2) is 0 Å². The van der Waals surface area contributed by atoms with Crippen LogP contribution in [-0.4, -0.2) is 16.0 Å². The molecule has 1 aromatic rings. The van der Waals surface area contributed by atoms with Crippen LogP contribution in [0.25, 0.3) is 0 Å². The second-order valence-electron chi connectivity index (χ2n) is 5.35. The van der Waals surface area contributed by atoms with Crippen LogP contribution in [0.15, 0.2) is 18.7 Å². The molecule has 1 heterocycles. The van der Waals surface area contributed by atoms with Crippen molar-refractivity contribution >= 4 is 0 Å². The zero-order valence-corrected chi connectivity index (χ0v) is 9.48. The first-order valence-electron chi connectivity index (χ1n) is 5.59. The van der Waals surface area contributed by atoms with Crippen molar-refractivity contribution in [1.29, 1.82) is 0 Å². The number of hydrogen-bond acceptors (Lipinski definition) is 3. The summed E-state index contributed by atoms with van der Waals surface area (Å²) >= 11 is 0. The van der Waals surface area contributed by atoms with Crippen LogP contribution in [0, 0.1) is 5.41 Å². The van der Waals surface area contributed by atoms with E-state index >= 15 is 0 Å². The SMILES string of the molecule is CC1(C)CCC(N)C(c2cncnc2)C1. The second kappa shape index (κ2) is 3.89. The van der Waals surface area contributed by atoms with Crippen LogP contribution in [-0.2, 0) is 0 Å². The van der Waals surface area contributed by atoms with Gasteiger partial charge < -0.3 is 5.73 Å². The fraction of sp³-hybridized carbons (Fsp3) is 0.667. The minimum Gasteiger partial charge on any atom is -0.327 e. The summed E-state index contributed by atoms with van der Waals surface area (Å²) in [7, 11) is 0. The summed E-state index contributed by atoms with van der Waals surface area (Å²) in [5, 5.41) is 0. The first-order chi connectivity index (χ1) is 7.08. The quantitative estimate of drug-likeness (QED) is 0.763. The average molecular weight is 205 g/mol. The molecule has 0 saturated heterocycles. The Kier molecular flexibility index (Phi) is 2.74. The molecule has 1 aliphatic rings. The topological polar surface area (TPSA) is 51.8 Å². The number of hydrogen-bond donors (Lipinski definition) is 1. The molecule has 3 heteroatoms. The number of nitrogens with zero attached hydrogens (tertiary/aromatic N) is 2. The fourth-order valence-electron chi connectivity index (χ4n) is 2.47. The highest BCUT2D eigenvalue weighted by Gasteiger charge is 2.33. The van der Waals surface area contributed by atoms with Crippen LogP contribution < -0.4 is 5.73 Å².